The van der Waals surface area contributed by atoms with Crippen molar-refractivity contribution in [2.24, 2.45) is 0 Å². The number of amides is 1. The van der Waals surface area contributed by atoms with Gasteiger partial charge in [0.25, 0.3) is 5.91 Å². The summed E-state index contributed by atoms with van der Waals surface area (Å²) in [6.07, 6.45) is 6.23. The first-order valence-corrected chi connectivity index (χ1v) is 6.07. The first kappa shape index (κ1) is 13.6. The van der Waals surface area contributed by atoms with Gasteiger partial charge in [-0.2, -0.15) is 5.26 Å². The van der Waals surface area contributed by atoms with Crippen LogP contribution in [0.4, 0.5) is 0 Å². The molecule has 0 bridgehead atoms. The molecular formula is C15H13N3O2. The van der Waals surface area contributed by atoms with Crippen LogP contribution >= 0.6 is 0 Å². The molecule has 100 valence electrons. The summed E-state index contributed by atoms with van der Waals surface area (Å²) >= 11 is 0. The number of nitrogens with one attached hydrogen (secondary N) is 1. The number of furan rings is 1. The van der Waals surface area contributed by atoms with Gasteiger partial charge in [-0.15, -0.1) is 0 Å². The van der Waals surface area contributed by atoms with Crippen LogP contribution in [0.3, 0.4) is 0 Å². The Balaban J connectivity index is 2.09. The molecule has 5 nitrogen and oxygen atoms in total. The van der Waals surface area contributed by atoms with Gasteiger partial charge in [0.2, 0.25) is 0 Å². The summed E-state index contributed by atoms with van der Waals surface area (Å²) in [5.41, 5.74) is 0.867. The molecule has 0 spiro atoms. The maximum absolute atomic E-state index is 12.0. The van der Waals surface area contributed by atoms with Crippen molar-refractivity contribution in [1.29, 1.82) is 5.26 Å². The van der Waals surface area contributed by atoms with Crippen molar-refractivity contribution in [3.05, 3.63) is 59.8 Å². The molecule has 0 aliphatic heterocycles. The van der Waals surface area contributed by atoms with E-state index in [1.807, 2.05) is 19.1 Å². The van der Waals surface area contributed by atoms with Gasteiger partial charge in [0.1, 0.15) is 17.4 Å². The van der Waals surface area contributed by atoms with Gasteiger partial charge in [-0.05, 0) is 30.7 Å². The maximum atomic E-state index is 12.0. The SMILES string of the molecule is CC(NC(=O)/C(C#N)=C\c1ccco1)c1cccnc1. The van der Waals surface area contributed by atoms with Crippen LogP contribution in [0.1, 0.15) is 24.3 Å². The Morgan fingerprint density at radius 1 is 1.50 bits per heavy atom. The van der Waals surface area contributed by atoms with Gasteiger partial charge in [-0.3, -0.25) is 9.78 Å². The summed E-state index contributed by atoms with van der Waals surface area (Å²) < 4.78 is 5.09. The molecule has 2 heterocycles. The Labute approximate surface area is 116 Å². The lowest BCUT2D eigenvalue weighted by Crippen LogP contribution is -2.27. The molecule has 5 heteroatoms. The predicted molar refractivity (Wildman–Crippen MR) is 73.1 cm³/mol. The quantitative estimate of drug-likeness (QED) is 0.681. The van der Waals surface area contributed by atoms with Crippen LogP contribution in [-0.2, 0) is 4.79 Å². The first-order valence-electron chi connectivity index (χ1n) is 6.07. The van der Waals surface area contributed by atoms with Gasteiger partial charge in [-0.25, -0.2) is 0 Å². The second kappa shape index (κ2) is 6.34. The van der Waals surface area contributed by atoms with Gasteiger partial charge in [0, 0.05) is 18.5 Å². The molecule has 1 N–H and O–H groups in total. The Bertz CT molecular complexity index is 640. The highest BCUT2D eigenvalue weighted by Crippen LogP contribution is 2.12. The molecule has 0 aliphatic carbocycles. The van der Waals surface area contributed by atoms with E-state index in [-0.39, 0.29) is 11.6 Å². The summed E-state index contributed by atoms with van der Waals surface area (Å²) in [5, 5.41) is 11.8. The van der Waals surface area contributed by atoms with Crippen LogP contribution in [-0.4, -0.2) is 10.9 Å². The largest absolute Gasteiger partial charge is 0.465 e. The van der Waals surface area contributed by atoms with E-state index in [0.29, 0.717) is 5.76 Å². The third-order valence-corrected chi connectivity index (χ3v) is 2.73. The van der Waals surface area contributed by atoms with E-state index in [2.05, 4.69) is 10.3 Å². The Morgan fingerprint density at radius 2 is 2.35 bits per heavy atom. The zero-order valence-corrected chi connectivity index (χ0v) is 10.9. The molecule has 2 rings (SSSR count). The molecule has 1 amide bonds. The zero-order chi connectivity index (χ0) is 14.4. The van der Waals surface area contributed by atoms with E-state index < -0.39 is 5.91 Å². The fourth-order valence-electron chi connectivity index (χ4n) is 1.65. The lowest BCUT2D eigenvalue weighted by Gasteiger charge is -2.13. The molecule has 20 heavy (non-hydrogen) atoms. The monoisotopic (exact) mass is 267 g/mol. The summed E-state index contributed by atoms with van der Waals surface area (Å²) in [5.74, 6) is 0.0194. The van der Waals surface area contributed by atoms with Crippen molar-refractivity contribution >= 4 is 12.0 Å². The van der Waals surface area contributed by atoms with Gasteiger partial charge < -0.3 is 9.73 Å². The van der Waals surface area contributed by atoms with Crippen LogP contribution in [0.25, 0.3) is 6.08 Å². The molecule has 0 saturated carbocycles. The fourth-order valence-corrected chi connectivity index (χ4v) is 1.65. The van der Waals surface area contributed by atoms with Crippen molar-refractivity contribution in [3.63, 3.8) is 0 Å². The molecular weight excluding hydrogens is 254 g/mol. The second-order valence-corrected chi connectivity index (χ2v) is 4.17. The number of pyridine rings is 1. The van der Waals surface area contributed by atoms with Crippen molar-refractivity contribution in [3.8, 4) is 6.07 Å². The predicted octanol–water partition coefficient (Wildman–Crippen LogP) is 2.46. The Hall–Kier alpha value is -2.87. The lowest BCUT2D eigenvalue weighted by molar-refractivity contribution is -0.117. The molecule has 0 aliphatic rings. The number of rotatable bonds is 4. The normalized spacial score (nSPS) is 12.5. The van der Waals surface area contributed by atoms with Crippen LogP contribution in [0, 0.1) is 11.3 Å². The third-order valence-electron chi connectivity index (χ3n) is 2.73. The van der Waals surface area contributed by atoms with Crippen LogP contribution < -0.4 is 5.32 Å². The smallest absolute Gasteiger partial charge is 0.262 e. The highest BCUT2D eigenvalue weighted by Gasteiger charge is 2.14. The standard InChI is InChI=1S/C15H13N3O2/c1-11(12-4-2-6-17-10-12)18-15(19)13(9-16)8-14-5-3-7-20-14/h2-8,10-11H,1H3,(H,18,19)/b13-8-. The number of nitriles is 1. The molecule has 2 aromatic rings. The molecule has 0 fully saturated rings. The molecule has 0 saturated heterocycles. The highest BCUT2D eigenvalue weighted by molar-refractivity contribution is 6.01. The number of hydrogen-bond donors (Lipinski definition) is 1. The van der Waals surface area contributed by atoms with Crippen molar-refractivity contribution < 1.29 is 9.21 Å². The molecule has 0 aromatic carbocycles. The number of carbonyl (C=O) groups is 1. The first-order chi connectivity index (χ1) is 9.70. The minimum atomic E-state index is -0.444. The van der Waals surface area contributed by atoms with Gasteiger partial charge in [0.05, 0.1) is 12.3 Å². The Morgan fingerprint density at radius 3 is 2.95 bits per heavy atom. The average Bonchev–Trinajstić information content (AvgIpc) is 2.98. The average molecular weight is 267 g/mol. The van der Waals surface area contributed by atoms with Gasteiger partial charge >= 0.3 is 0 Å². The molecule has 2 aromatic heterocycles. The highest BCUT2D eigenvalue weighted by atomic mass is 16.3. The number of nitrogens with zero attached hydrogens (tertiary/aromatic N) is 2. The zero-order valence-electron chi connectivity index (χ0n) is 10.9. The molecule has 1 atom stereocenters. The second-order valence-electron chi connectivity index (χ2n) is 4.17. The maximum Gasteiger partial charge on any atom is 0.262 e. The van der Waals surface area contributed by atoms with E-state index in [1.165, 1.54) is 12.3 Å². The molecule has 1 unspecified atom stereocenters. The van der Waals surface area contributed by atoms with Crippen LogP contribution in [0.2, 0.25) is 0 Å². The van der Waals surface area contributed by atoms with Gasteiger partial charge in [0.15, 0.2) is 0 Å². The summed E-state index contributed by atoms with van der Waals surface area (Å²) in [6.45, 7) is 1.83. The minimum absolute atomic E-state index is 0.00399. The van der Waals surface area contributed by atoms with Crippen LogP contribution in [0.15, 0.2) is 52.9 Å². The van der Waals surface area contributed by atoms with E-state index in [9.17, 15) is 4.79 Å². The van der Waals surface area contributed by atoms with Crippen molar-refractivity contribution in [2.75, 3.05) is 0 Å². The topological polar surface area (TPSA) is 78.9 Å². The van der Waals surface area contributed by atoms with Crippen molar-refractivity contribution in [2.45, 2.75) is 13.0 Å². The Kier molecular flexibility index (Phi) is 4.30. The van der Waals surface area contributed by atoms with Crippen molar-refractivity contribution in [1.82, 2.24) is 10.3 Å². The third kappa shape index (κ3) is 3.33. The summed E-state index contributed by atoms with van der Waals surface area (Å²) in [6, 6.07) is 8.66. The number of aromatic nitrogens is 1. The minimum Gasteiger partial charge on any atom is -0.465 e. The summed E-state index contributed by atoms with van der Waals surface area (Å²) in [7, 11) is 0. The van der Waals surface area contributed by atoms with Crippen LogP contribution in [0.5, 0.6) is 0 Å². The van der Waals surface area contributed by atoms with Gasteiger partial charge in [-0.1, -0.05) is 6.07 Å². The van der Waals surface area contributed by atoms with E-state index >= 15 is 0 Å². The number of hydrogen-bond acceptors (Lipinski definition) is 4. The fraction of sp³-hybridized carbons (Fsp3) is 0.133. The lowest BCUT2D eigenvalue weighted by atomic mass is 10.1. The molecule has 0 radical (unpaired) electrons. The number of carbonyl (C=O) groups excluding carboxylic acids is 1. The summed E-state index contributed by atoms with van der Waals surface area (Å²) in [4.78, 5) is 16.0. The van der Waals surface area contributed by atoms with E-state index in [4.69, 9.17) is 9.68 Å². The van der Waals surface area contributed by atoms with E-state index in [1.54, 1.807) is 30.6 Å². The van der Waals surface area contributed by atoms with E-state index in [0.717, 1.165) is 5.56 Å².